The number of aromatic nitrogens is 1. The van der Waals surface area contributed by atoms with Crippen LogP contribution < -0.4 is 16.1 Å². The zero-order chi connectivity index (χ0) is 18.0. The molecule has 2 heterocycles. The van der Waals surface area contributed by atoms with Crippen LogP contribution in [0.15, 0.2) is 29.1 Å². The van der Waals surface area contributed by atoms with Crippen molar-refractivity contribution in [2.75, 3.05) is 20.1 Å². The van der Waals surface area contributed by atoms with Crippen LogP contribution in [0.2, 0.25) is 0 Å². The highest BCUT2D eigenvalue weighted by atomic mass is 16.2. The molecular weight excluding hydrogens is 320 g/mol. The average molecular weight is 342 g/mol. The third-order valence-electron chi connectivity index (χ3n) is 4.51. The Morgan fingerprint density at radius 2 is 2.12 bits per heavy atom. The zero-order valence-electron chi connectivity index (χ0n) is 14.4. The molecule has 0 radical (unpaired) electrons. The fraction of sp³-hybridized carbons (Fsp3) is 0.389. The minimum atomic E-state index is -0.536. The SMILES string of the molecule is CNC(=O)C[C@@H]1C(=O)NCCN1Cc1cc(=O)c2cc(C)ccc2[nH]1. The smallest absolute Gasteiger partial charge is 0.237 e. The first kappa shape index (κ1) is 17.2. The molecular formula is C18H22N4O3. The number of pyridine rings is 1. The van der Waals surface area contributed by atoms with Crippen molar-refractivity contribution in [3.8, 4) is 0 Å². The number of carbonyl (C=O) groups is 2. The van der Waals surface area contributed by atoms with Crippen molar-refractivity contribution in [2.24, 2.45) is 0 Å². The Bertz CT molecular complexity index is 874. The molecule has 1 aromatic heterocycles. The number of nitrogens with one attached hydrogen (secondary N) is 3. The van der Waals surface area contributed by atoms with Gasteiger partial charge in [0, 0.05) is 49.3 Å². The van der Waals surface area contributed by atoms with Crippen molar-refractivity contribution in [3.63, 3.8) is 0 Å². The Labute approximate surface area is 145 Å². The van der Waals surface area contributed by atoms with Gasteiger partial charge in [-0.1, -0.05) is 11.6 Å². The molecule has 25 heavy (non-hydrogen) atoms. The van der Waals surface area contributed by atoms with E-state index in [1.165, 1.54) is 0 Å². The van der Waals surface area contributed by atoms with Gasteiger partial charge in [-0.25, -0.2) is 0 Å². The zero-order valence-corrected chi connectivity index (χ0v) is 14.4. The molecule has 7 nitrogen and oxygen atoms in total. The fourth-order valence-electron chi connectivity index (χ4n) is 3.17. The lowest BCUT2D eigenvalue weighted by molar-refractivity contribution is -0.134. The van der Waals surface area contributed by atoms with Crippen molar-refractivity contribution in [2.45, 2.75) is 25.9 Å². The van der Waals surface area contributed by atoms with Gasteiger partial charge < -0.3 is 15.6 Å². The molecule has 3 rings (SSSR count). The largest absolute Gasteiger partial charge is 0.359 e. The standard InChI is InChI=1S/C18H22N4O3/c1-11-3-4-14-13(7-11)16(23)8-12(21-14)10-22-6-5-20-18(25)15(22)9-17(24)19-2/h3-4,7-8,15H,5-6,9-10H2,1-2H3,(H,19,24)(H,20,25)(H,21,23)/t15-/m1/s1. The van der Waals surface area contributed by atoms with Crippen LogP contribution in [0.1, 0.15) is 17.7 Å². The van der Waals surface area contributed by atoms with Crippen LogP contribution in [0.25, 0.3) is 10.9 Å². The van der Waals surface area contributed by atoms with Gasteiger partial charge in [-0.05, 0) is 19.1 Å². The van der Waals surface area contributed by atoms with Gasteiger partial charge in [-0.2, -0.15) is 0 Å². The molecule has 0 spiro atoms. The van der Waals surface area contributed by atoms with E-state index < -0.39 is 6.04 Å². The highest BCUT2D eigenvalue weighted by Crippen LogP contribution is 2.15. The first-order valence-corrected chi connectivity index (χ1v) is 8.33. The Balaban J connectivity index is 1.87. The molecule has 0 aliphatic carbocycles. The number of rotatable bonds is 4. The van der Waals surface area contributed by atoms with Crippen molar-refractivity contribution >= 4 is 22.7 Å². The molecule has 1 atom stereocenters. The Hall–Kier alpha value is -2.67. The van der Waals surface area contributed by atoms with Crippen molar-refractivity contribution < 1.29 is 9.59 Å². The summed E-state index contributed by atoms with van der Waals surface area (Å²) in [6.07, 6.45) is 0.0966. The molecule has 0 bridgehead atoms. The molecule has 3 N–H and O–H groups in total. The number of aryl methyl sites for hydroxylation is 1. The number of hydrogen-bond donors (Lipinski definition) is 3. The molecule has 7 heteroatoms. The molecule has 1 saturated heterocycles. The number of carbonyl (C=O) groups excluding carboxylic acids is 2. The maximum Gasteiger partial charge on any atom is 0.237 e. The molecule has 1 aliphatic rings. The lowest BCUT2D eigenvalue weighted by atomic mass is 10.1. The summed E-state index contributed by atoms with van der Waals surface area (Å²) in [6, 6.07) is 6.74. The van der Waals surface area contributed by atoms with Crippen molar-refractivity contribution in [1.82, 2.24) is 20.5 Å². The number of fused-ring (bicyclic) bond motifs is 1. The first-order valence-electron chi connectivity index (χ1n) is 8.33. The summed E-state index contributed by atoms with van der Waals surface area (Å²) in [5, 5.41) is 6.00. The Morgan fingerprint density at radius 3 is 2.88 bits per heavy atom. The van der Waals surface area contributed by atoms with Gasteiger partial charge in [-0.15, -0.1) is 0 Å². The number of benzene rings is 1. The normalized spacial score (nSPS) is 18.2. The molecule has 0 saturated carbocycles. The summed E-state index contributed by atoms with van der Waals surface area (Å²) in [5.74, 6) is -0.344. The van der Waals surface area contributed by atoms with E-state index in [9.17, 15) is 14.4 Å². The molecule has 1 fully saturated rings. The third-order valence-corrected chi connectivity index (χ3v) is 4.51. The van der Waals surface area contributed by atoms with E-state index in [1.807, 2.05) is 30.0 Å². The van der Waals surface area contributed by atoms with E-state index in [0.29, 0.717) is 25.0 Å². The summed E-state index contributed by atoms with van der Waals surface area (Å²) < 4.78 is 0. The Morgan fingerprint density at radius 1 is 1.32 bits per heavy atom. The summed E-state index contributed by atoms with van der Waals surface area (Å²) in [5.41, 5.74) is 2.50. The number of hydrogen-bond acceptors (Lipinski definition) is 4. The van der Waals surface area contributed by atoms with Crippen LogP contribution in [0.5, 0.6) is 0 Å². The first-order chi connectivity index (χ1) is 12.0. The predicted molar refractivity (Wildman–Crippen MR) is 95.2 cm³/mol. The second kappa shape index (κ2) is 7.06. The third kappa shape index (κ3) is 3.71. The summed E-state index contributed by atoms with van der Waals surface area (Å²) >= 11 is 0. The van der Waals surface area contributed by atoms with Gasteiger partial charge in [0.2, 0.25) is 11.8 Å². The van der Waals surface area contributed by atoms with Crippen LogP contribution in [0, 0.1) is 6.92 Å². The maximum atomic E-state index is 12.4. The highest BCUT2D eigenvalue weighted by Gasteiger charge is 2.31. The molecule has 1 aromatic carbocycles. The maximum absolute atomic E-state index is 12.4. The highest BCUT2D eigenvalue weighted by molar-refractivity contribution is 5.88. The molecule has 1 aliphatic heterocycles. The molecule has 2 aromatic rings. The number of piperazine rings is 1. The number of aromatic amines is 1. The van der Waals surface area contributed by atoms with Gasteiger partial charge in [-0.3, -0.25) is 19.3 Å². The monoisotopic (exact) mass is 342 g/mol. The topological polar surface area (TPSA) is 94.3 Å². The summed E-state index contributed by atoms with van der Waals surface area (Å²) in [6.45, 7) is 3.51. The molecule has 132 valence electrons. The van der Waals surface area contributed by atoms with Gasteiger partial charge >= 0.3 is 0 Å². The van der Waals surface area contributed by atoms with Gasteiger partial charge in [0.25, 0.3) is 0 Å². The lowest BCUT2D eigenvalue weighted by Gasteiger charge is -2.34. The predicted octanol–water partition coefficient (Wildman–Crippen LogP) is 0.273. The van der Waals surface area contributed by atoms with Gasteiger partial charge in [0.1, 0.15) is 0 Å². The average Bonchev–Trinajstić information content (AvgIpc) is 2.58. The minimum Gasteiger partial charge on any atom is -0.359 e. The fourth-order valence-corrected chi connectivity index (χ4v) is 3.17. The molecule has 2 amide bonds. The second-order valence-corrected chi connectivity index (χ2v) is 6.36. The summed E-state index contributed by atoms with van der Waals surface area (Å²) in [4.78, 5) is 41.4. The molecule has 0 unspecified atom stereocenters. The quantitative estimate of drug-likeness (QED) is 0.744. The van der Waals surface area contributed by atoms with Crippen molar-refractivity contribution in [1.29, 1.82) is 0 Å². The van der Waals surface area contributed by atoms with Crippen molar-refractivity contribution in [3.05, 3.63) is 45.7 Å². The lowest BCUT2D eigenvalue weighted by Crippen LogP contribution is -2.56. The van der Waals surface area contributed by atoms with E-state index in [1.54, 1.807) is 13.1 Å². The van der Waals surface area contributed by atoms with E-state index in [-0.39, 0.29) is 23.7 Å². The number of nitrogens with zero attached hydrogens (tertiary/aromatic N) is 1. The van der Waals surface area contributed by atoms with Crippen LogP contribution in [0.4, 0.5) is 0 Å². The number of H-pyrrole nitrogens is 1. The second-order valence-electron chi connectivity index (χ2n) is 6.36. The van der Waals surface area contributed by atoms with E-state index in [0.717, 1.165) is 16.8 Å². The number of amides is 2. The van der Waals surface area contributed by atoms with E-state index in [4.69, 9.17) is 0 Å². The van der Waals surface area contributed by atoms with Crippen LogP contribution in [-0.2, 0) is 16.1 Å². The van der Waals surface area contributed by atoms with E-state index >= 15 is 0 Å². The van der Waals surface area contributed by atoms with Crippen LogP contribution in [0.3, 0.4) is 0 Å². The summed E-state index contributed by atoms with van der Waals surface area (Å²) in [7, 11) is 1.55. The minimum absolute atomic E-state index is 0.0447. The van der Waals surface area contributed by atoms with Gasteiger partial charge in [0.15, 0.2) is 5.43 Å². The van der Waals surface area contributed by atoms with Crippen LogP contribution in [-0.4, -0.2) is 47.9 Å². The van der Waals surface area contributed by atoms with Gasteiger partial charge in [0.05, 0.1) is 12.5 Å². The van der Waals surface area contributed by atoms with Crippen LogP contribution >= 0.6 is 0 Å². The van der Waals surface area contributed by atoms with E-state index in [2.05, 4.69) is 15.6 Å². The Kier molecular flexibility index (Phi) is 4.85.